The van der Waals surface area contributed by atoms with Crippen LogP contribution in [0.2, 0.25) is 0 Å². The van der Waals surface area contributed by atoms with E-state index in [1.54, 1.807) is 25.3 Å². The first-order valence-electron chi connectivity index (χ1n) is 13.7. The van der Waals surface area contributed by atoms with Crippen LogP contribution in [-0.2, 0) is 4.74 Å². The number of oxazole rings is 1. The second-order valence-electron chi connectivity index (χ2n) is 10.8. The Kier molecular flexibility index (Phi) is 6.04. The Labute approximate surface area is 235 Å². The minimum atomic E-state index is -0.294. The highest BCUT2D eigenvalue weighted by Gasteiger charge is 2.35. The number of carbonyl (C=O) groups excluding carboxylic acids is 1. The third-order valence-electron chi connectivity index (χ3n) is 7.74. The average molecular weight is 555 g/mol. The second kappa shape index (κ2) is 9.77. The van der Waals surface area contributed by atoms with Crippen LogP contribution in [0.1, 0.15) is 42.4 Å². The molecule has 3 aromatic heterocycles. The Balaban J connectivity index is 1.25. The SMILES string of the molecule is COc1cc(C(=O)NC2COC2)ccc1Nc1nc(OC2(C)CCC2)c2c(-c3ccc4nc(C)oc4c3)c[nH]c2n1. The van der Waals surface area contributed by atoms with Crippen molar-refractivity contribution in [2.24, 2.45) is 0 Å². The summed E-state index contributed by atoms with van der Waals surface area (Å²) in [5, 5.41) is 7.00. The molecule has 4 heterocycles. The van der Waals surface area contributed by atoms with Crippen molar-refractivity contribution in [2.75, 3.05) is 25.6 Å². The van der Waals surface area contributed by atoms with Crippen LogP contribution in [0.5, 0.6) is 11.6 Å². The van der Waals surface area contributed by atoms with Crippen LogP contribution >= 0.6 is 0 Å². The third-order valence-corrected chi connectivity index (χ3v) is 7.74. The molecule has 7 rings (SSSR count). The molecule has 210 valence electrons. The van der Waals surface area contributed by atoms with Crippen molar-refractivity contribution in [2.45, 2.75) is 44.8 Å². The Hall–Kier alpha value is -4.64. The van der Waals surface area contributed by atoms with Crippen LogP contribution in [0.15, 0.2) is 47.0 Å². The molecule has 2 fully saturated rings. The predicted octanol–water partition coefficient (Wildman–Crippen LogP) is 5.28. The number of anilines is 2. The number of hydrogen-bond acceptors (Lipinski definition) is 9. The van der Waals surface area contributed by atoms with Gasteiger partial charge in [0.2, 0.25) is 11.8 Å². The summed E-state index contributed by atoms with van der Waals surface area (Å²) in [6.45, 7) is 5.00. The van der Waals surface area contributed by atoms with E-state index in [4.69, 9.17) is 28.6 Å². The molecule has 2 aromatic carbocycles. The summed E-state index contributed by atoms with van der Waals surface area (Å²) in [6.07, 6.45) is 4.93. The lowest BCUT2D eigenvalue weighted by Gasteiger charge is -2.38. The fourth-order valence-electron chi connectivity index (χ4n) is 5.22. The maximum Gasteiger partial charge on any atom is 0.251 e. The van der Waals surface area contributed by atoms with E-state index >= 15 is 0 Å². The van der Waals surface area contributed by atoms with Crippen molar-refractivity contribution in [3.8, 4) is 22.8 Å². The number of aryl methyl sites for hydroxylation is 1. The summed E-state index contributed by atoms with van der Waals surface area (Å²) < 4.78 is 23.1. The Morgan fingerprint density at radius 1 is 1.12 bits per heavy atom. The van der Waals surface area contributed by atoms with Crippen molar-refractivity contribution in [3.63, 3.8) is 0 Å². The quantitative estimate of drug-likeness (QED) is 0.234. The van der Waals surface area contributed by atoms with E-state index in [-0.39, 0.29) is 17.6 Å². The molecule has 41 heavy (non-hydrogen) atoms. The number of carbonyl (C=O) groups is 1. The molecule has 1 aliphatic heterocycles. The summed E-state index contributed by atoms with van der Waals surface area (Å²) in [6, 6.07) is 11.2. The Bertz CT molecular complexity index is 1790. The summed E-state index contributed by atoms with van der Waals surface area (Å²) in [5.41, 5.74) is 4.81. The number of methoxy groups -OCH3 is 1. The van der Waals surface area contributed by atoms with E-state index in [0.29, 0.717) is 59.2 Å². The van der Waals surface area contributed by atoms with Gasteiger partial charge in [-0.2, -0.15) is 9.97 Å². The van der Waals surface area contributed by atoms with E-state index < -0.39 is 0 Å². The number of hydrogen-bond donors (Lipinski definition) is 3. The molecule has 0 unspecified atom stereocenters. The van der Waals surface area contributed by atoms with Crippen molar-refractivity contribution >= 4 is 39.7 Å². The van der Waals surface area contributed by atoms with E-state index in [1.165, 1.54) is 0 Å². The largest absolute Gasteiger partial charge is 0.495 e. The Morgan fingerprint density at radius 3 is 2.71 bits per heavy atom. The molecule has 1 saturated carbocycles. The zero-order valence-corrected chi connectivity index (χ0v) is 23.0. The van der Waals surface area contributed by atoms with E-state index in [2.05, 4.69) is 27.5 Å². The van der Waals surface area contributed by atoms with Crippen LogP contribution < -0.4 is 20.1 Å². The molecular weight excluding hydrogens is 524 g/mol. The first-order valence-corrected chi connectivity index (χ1v) is 13.7. The number of nitrogens with one attached hydrogen (secondary N) is 3. The number of ether oxygens (including phenoxy) is 3. The molecule has 0 bridgehead atoms. The normalized spacial score (nSPS) is 16.3. The molecule has 0 radical (unpaired) electrons. The number of aromatic nitrogens is 4. The lowest BCUT2D eigenvalue weighted by molar-refractivity contribution is -0.00346. The number of rotatable bonds is 8. The lowest BCUT2D eigenvalue weighted by atomic mass is 9.82. The number of nitrogens with zero attached hydrogens (tertiary/aromatic N) is 3. The van der Waals surface area contributed by atoms with Crippen molar-refractivity contribution < 1.29 is 23.4 Å². The van der Waals surface area contributed by atoms with Gasteiger partial charge in [0.05, 0.1) is 37.4 Å². The first kappa shape index (κ1) is 25.3. The molecule has 0 atom stereocenters. The van der Waals surface area contributed by atoms with Gasteiger partial charge in [-0.25, -0.2) is 4.98 Å². The van der Waals surface area contributed by atoms with Crippen LogP contribution in [0.3, 0.4) is 0 Å². The van der Waals surface area contributed by atoms with Gasteiger partial charge in [-0.3, -0.25) is 4.79 Å². The van der Waals surface area contributed by atoms with Crippen LogP contribution in [0.25, 0.3) is 33.3 Å². The van der Waals surface area contributed by atoms with E-state index in [1.807, 2.05) is 31.3 Å². The van der Waals surface area contributed by atoms with E-state index in [0.717, 1.165) is 41.3 Å². The van der Waals surface area contributed by atoms with Crippen molar-refractivity contribution in [1.82, 2.24) is 25.3 Å². The second-order valence-corrected chi connectivity index (χ2v) is 10.8. The minimum Gasteiger partial charge on any atom is -0.495 e. The lowest BCUT2D eigenvalue weighted by Crippen LogP contribution is -2.48. The van der Waals surface area contributed by atoms with Crippen molar-refractivity contribution in [3.05, 3.63) is 54.0 Å². The zero-order valence-electron chi connectivity index (χ0n) is 23.0. The number of amides is 1. The van der Waals surface area contributed by atoms with Gasteiger partial charge < -0.3 is 34.2 Å². The highest BCUT2D eigenvalue weighted by Crippen LogP contribution is 2.41. The number of H-pyrrole nitrogens is 1. The van der Waals surface area contributed by atoms with Gasteiger partial charge in [0.15, 0.2) is 11.5 Å². The minimum absolute atomic E-state index is 0.0369. The molecule has 2 aliphatic rings. The van der Waals surface area contributed by atoms with Crippen molar-refractivity contribution in [1.29, 1.82) is 0 Å². The molecule has 11 nitrogen and oxygen atoms in total. The van der Waals surface area contributed by atoms with Crippen LogP contribution in [0.4, 0.5) is 11.6 Å². The van der Waals surface area contributed by atoms with Crippen LogP contribution in [-0.4, -0.2) is 57.8 Å². The fraction of sp³-hybridized carbons (Fsp3) is 0.333. The summed E-state index contributed by atoms with van der Waals surface area (Å²) in [7, 11) is 1.56. The fourth-order valence-corrected chi connectivity index (χ4v) is 5.22. The number of fused-ring (bicyclic) bond motifs is 2. The first-order chi connectivity index (χ1) is 19.9. The monoisotopic (exact) mass is 554 g/mol. The van der Waals surface area contributed by atoms with Gasteiger partial charge in [0, 0.05) is 24.2 Å². The molecule has 11 heteroatoms. The van der Waals surface area contributed by atoms with Gasteiger partial charge in [0.25, 0.3) is 5.91 Å². The highest BCUT2D eigenvalue weighted by molar-refractivity contribution is 5.99. The van der Waals surface area contributed by atoms with Gasteiger partial charge in [0.1, 0.15) is 22.5 Å². The van der Waals surface area contributed by atoms with Gasteiger partial charge in [-0.15, -0.1) is 0 Å². The number of aromatic amines is 1. The maximum absolute atomic E-state index is 12.6. The van der Waals surface area contributed by atoms with Gasteiger partial charge in [-0.05, 0) is 62.1 Å². The highest BCUT2D eigenvalue weighted by atomic mass is 16.5. The Morgan fingerprint density at radius 2 is 1.98 bits per heavy atom. The summed E-state index contributed by atoms with van der Waals surface area (Å²) in [4.78, 5) is 29.9. The predicted molar refractivity (Wildman–Crippen MR) is 153 cm³/mol. The van der Waals surface area contributed by atoms with Gasteiger partial charge >= 0.3 is 0 Å². The molecular formula is C30H30N6O5. The van der Waals surface area contributed by atoms with Gasteiger partial charge in [-0.1, -0.05) is 6.07 Å². The number of benzene rings is 2. The molecule has 3 N–H and O–H groups in total. The molecule has 5 aromatic rings. The average Bonchev–Trinajstić information content (AvgIpc) is 3.52. The topological polar surface area (TPSA) is 136 Å². The molecule has 1 aliphatic carbocycles. The van der Waals surface area contributed by atoms with E-state index in [9.17, 15) is 4.79 Å². The van der Waals surface area contributed by atoms with Crippen LogP contribution in [0, 0.1) is 6.92 Å². The standard InChI is InChI=1S/C30H30N6O5/c1-16-32-22-7-5-17(11-24(22)40-16)20-13-31-26-25(20)28(41-30(2)9-4-10-30)36-29(35-26)34-21-8-6-18(12-23(21)38-3)27(37)33-19-14-39-15-19/h5-8,11-13,19H,4,9-10,14-15H2,1-3H3,(H,33,37)(H2,31,34,35,36). The third kappa shape index (κ3) is 4.71. The summed E-state index contributed by atoms with van der Waals surface area (Å²) >= 11 is 0. The molecule has 0 spiro atoms. The molecule has 1 saturated heterocycles. The maximum atomic E-state index is 12.6. The summed E-state index contributed by atoms with van der Waals surface area (Å²) in [5.74, 6) is 1.76. The zero-order chi connectivity index (χ0) is 28.1. The smallest absolute Gasteiger partial charge is 0.251 e. The molecule has 1 amide bonds.